The normalized spacial score (nSPS) is 10.6. The van der Waals surface area contributed by atoms with Crippen LogP contribution in [0.4, 0.5) is 5.69 Å². The summed E-state index contributed by atoms with van der Waals surface area (Å²) < 4.78 is 15.3. The van der Waals surface area contributed by atoms with E-state index >= 15 is 0 Å². The van der Waals surface area contributed by atoms with Gasteiger partial charge in [0.1, 0.15) is 13.3 Å². The molecule has 1 heterocycles. The molecule has 2 N–H and O–H groups in total. The topological polar surface area (TPSA) is 104 Å². The van der Waals surface area contributed by atoms with Crippen molar-refractivity contribution in [3.05, 3.63) is 22.3 Å². The Hall–Kier alpha value is -2.33. The number of carbonyl (C=O) groups is 2. The van der Waals surface area contributed by atoms with Gasteiger partial charge in [-0.15, -0.1) is 5.10 Å². The summed E-state index contributed by atoms with van der Waals surface area (Å²) in [5.41, 5.74) is 4.50. The van der Waals surface area contributed by atoms with Gasteiger partial charge in [-0.05, 0) is 28.1 Å². The molecular weight excluding hydrogens is 396 g/mol. The molecule has 0 aliphatic rings. The predicted molar refractivity (Wildman–Crippen MR) is 95.1 cm³/mol. The molecule has 0 radical (unpaired) electrons. The van der Waals surface area contributed by atoms with Gasteiger partial charge in [0.2, 0.25) is 0 Å². The predicted octanol–water partition coefficient (Wildman–Crippen LogP) is 1.71. The van der Waals surface area contributed by atoms with Crippen molar-refractivity contribution in [2.45, 2.75) is 6.92 Å². The van der Waals surface area contributed by atoms with Gasteiger partial charge in [-0.1, -0.05) is 0 Å². The fourth-order valence-corrected chi connectivity index (χ4v) is 2.84. The van der Waals surface area contributed by atoms with Crippen molar-refractivity contribution in [1.29, 1.82) is 0 Å². The van der Waals surface area contributed by atoms with Crippen LogP contribution in [0.25, 0.3) is 10.9 Å². The number of hydrogen-bond donors (Lipinski definition) is 2. The highest BCUT2D eigenvalue weighted by Crippen LogP contribution is 2.33. The smallest absolute Gasteiger partial charge is 0.359 e. The lowest BCUT2D eigenvalue weighted by Gasteiger charge is -2.10. The van der Waals surface area contributed by atoms with Gasteiger partial charge >= 0.3 is 11.9 Å². The number of rotatable bonds is 8. The number of fused-ring (bicyclic) bond motifs is 1. The molecule has 25 heavy (non-hydrogen) atoms. The number of methoxy groups -OCH3 is 2. The minimum absolute atomic E-state index is 0.164. The molecule has 2 rings (SSSR count). The number of aromatic nitrogens is 2. The summed E-state index contributed by atoms with van der Waals surface area (Å²) in [6.07, 6.45) is 0. The maximum atomic E-state index is 12.1. The Kier molecular flexibility index (Phi) is 6.59. The number of nitrogens with zero attached hydrogens (tertiary/aromatic N) is 2. The lowest BCUT2D eigenvalue weighted by molar-refractivity contribution is -0.140. The summed E-state index contributed by atoms with van der Waals surface area (Å²) in [5, 5.41) is 7.97. The van der Waals surface area contributed by atoms with Crippen LogP contribution in [-0.2, 0) is 19.0 Å². The highest BCUT2D eigenvalue weighted by Gasteiger charge is 2.22. The van der Waals surface area contributed by atoms with E-state index in [4.69, 9.17) is 14.2 Å². The second-order valence-corrected chi connectivity index (χ2v) is 5.72. The first-order valence-electron chi connectivity index (χ1n) is 7.39. The largest absolute Gasteiger partial charge is 0.464 e. The third kappa shape index (κ3) is 4.40. The molecule has 136 valence electrons. The number of benzene rings is 1. The molecule has 0 atom stereocenters. The SMILES string of the molecule is COCNn1nc(C(=O)OC)c2c(Br)c(NCCOC(C)=O)ccc21. The van der Waals surface area contributed by atoms with Crippen LogP contribution in [0.2, 0.25) is 0 Å². The Labute approximate surface area is 152 Å². The standard InChI is InChI=1S/C15H19BrN4O5/c1-9(21)25-7-6-17-10-4-5-11-12(13(10)16)14(15(22)24-3)19-20(11)18-8-23-2/h4-5,17-18H,6-8H2,1-3H3. The van der Waals surface area contributed by atoms with E-state index in [0.717, 1.165) is 5.69 Å². The molecule has 0 fully saturated rings. The third-order valence-electron chi connectivity index (χ3n) is 3.25. The van der Waals surface area contributed by atoms with E-state index in [1.54, 1.807) is 13.2 Å². The van der Waals surface area contributed by atoms with Crippen LogP contribution in [0, 0.1) is 0 Å². The molecule has 0 bridgehead atoms. The molecule has 1 aromatic heterocycles. The molecule has 2 aromatic rings. The van der Waals surface area contributed by atoms with Crippen molar-refractivity contribution in [3.63, 3.8) is 0 Å². The van der Waals surface area contributed by atoms with Gasteiger partial charge in [-0.2, -0.15) is 4.79 Å². The Bertz CT molecular complexity index is 777. The molecular formula is C15H19BrN4O5. The van der Waals surface area contributed by atoms with E-state index in [2.05, 4.69) is 31.8 Å². The zero-order valence-corrected chi connectivity index (χ0v) is 15.7. The monoisotopic (exact) mass is 414 g/mol. The molecule has 10 heteroatoms. The van der Waals surface area contributed by atoms with E-state index in [-0.39, 0.29) is 25.0 Å². The summed E-state index contributed by atoms with van der Waals surface area (Å²) in [5.74, 6) is -0.893. The first kappa shape index (κ1) is 19.0. The van der Waals surface area contributed by atoms with Crippen LogP contribution in [0.5, 0.6) is 0 Å². The van der Waals surface area contributed by atoms with E-state index < -0.39 is 5.97 Å². The van der Waals surface area contributed by atoms with Crippen LogP contribution in [0.15, 0.2) is 16.6 Å². The Morgan fingerprint density at radius 1 is 1.32 bits per heavy atom. The molecule has 0 saturated carbocycles. The minimum Gasteiger partial charge on any atom is -0.464 e. The van der Waals surface area contributed by atoms with Gasteiger partial charge in [0, 0.05) is 26.3 Å². The van der Waals surface area contributed by atoms with Gasteiger partial charge in [0.15, 0.2) is 5.69 Å². The number of carbonyl (C=O) groups excluding carboxylic acids is 2. The Balaban J connectivity index is 2.36. The lowest BCUT2D eigenvalue weighted by atomic mass is 10.2. The quantitative estimate of drug-likeness (QED) is 0.382. The van der Waals surface area contributed by atoms with E-state index in [1.165, 1.54) is 18.8 Å². The fourth-order valence-electron chi connectivity index (χ4n) is 2.17. The number of halogens is 1. The third-order valence-corrected chi connectivity index (χ3v) is 4.07. The number of esters is 2. The summed E-state index contributed by atoms with van der Waals surface area (Å²) in [6, 6.07) is 3.63. The fraction of sp³-hybridized carbons (Fsp3) is 0.400. The van der Waals surface area contributed by atoms with Gasteiger partial charge in [-0.25, -0.2) is 4.79 Å². The first-order valence-corrected chi connectivity index (χ1v) is 8.18. The maximum absolute atomic E-state index is 12.1. The first-order chi connectivity index (χ1) is 12.0. The van der Waals surface area contributed by atoms with Crippen molar-refractivity contribution in [2.75, 3.05) is 44.8 Å². The highest BCUT2D eigenvalue weighted by atomic mass is 79.9. The maximum Gasteiger partial charge on any atom is 0.359 e. The average Bonchev–Trinajstić information content (AvgIpc) is 2.97. The minimum atomic E-state index is -0.555. The zero-order chi connectivity index (χ0) is 18.4. The molecule has 0 unspecified atom stereocenters. The zero-order valence-electron chi connectivity index (χ0n) is 14.1. The number of ether oxygens (including phenoxy) is 3. The average molecular weight is 415 g/mol. The van der Waals surface area contributed by atoms with Crippen molar-refractivity contribution >= 4 is 44.5 Å². The summed E-state index contributed by atoms with van der Waals surface area (Å²) in [7, 11) is 2.84. The Morgan fingerprint density at radius 2 is 2.08 bits per heavy atom. The lowest BCUT2D eigenvalue weighted by Crippen LogP contribution is -2.19. The summed E-state index contributed by atoms with van der Waals surface area (Å²) in [6.45, 7) is 2.23. The van der Waals surface area contributed by atoms with E-state index in [1.807, 2.05) is 6.07 Å². The van der Waals surface area contributed by atoms with Crippen LogP contribution >= 0.6 is 15.9 Å². The van der Waals surface area contributed by atoms with Crippen molar-refractivity contribution in [1.82, 2.24) is 9.89 Å². The molecule has 0 saturated heterocycles. The molecule has 0 aliphatic heterocycles. The van der Waals surface area contributed by atoms with Crippen LogP contribution < -0.4 is 10.7 Å². The van der Waals surface area contributed by atoms with Crippen molar-refractivity contribution in [2.24, 2.45) is 0 Å². The number of anilines is 1. The van der Waals surface area contributed by atoms with Crippen LogP contribution in [0.1, 0.15) is 17.4 Å². The van der Waals surface area contributed by atoms with Crippen LogP contribution in [-0.4, -0.2) is 55.9 Å². The van der Waals surface area contributed by atoms with Gasteiger partial charge in [0.25, 0.3) is 0 Å². The number of hydrogen-bond acceptors (Lipinski definition) is 8. The van der Waals surface area contributed by atoms with E-state index in [9.17, 15) is 9.59 Å². The van der Waals surface area contributed by atoms with Crippen molar-refractivity contribution < 1.29 is 23.8 Å². The molecule has 9 nitrogen and oxygen atoms in total. The van der Waals surface area contributed by atoms with Gasteiger partial charge in [0.05, 0.1) is 22.5 Å². The molecule has 0 amide bonds. The van der Waals surface area contributed by atoms with Crippen molar-refractivity contribution in [3.8, 4) is 0 Å². The second-order valence-electron chi connectivity index (χ2n) is 4.93. The van der Waals surface area contributed by atoms with E-state index in [0.29, 0.717) is 21.9 Å². The summed E-state index contributed by atoms with van der Waals surface area (Å²) >= 11 is 3.50. The second kappa shape index (κ2) is 8.67. The summed E-state index contributed by atoms with van der Waals surface area (Å²) in [4.78, 5) is 24.3. The number of nitrogens with one attached hydrogen (secondary N) is 2. The van der Waals surface area contributed by atoms with Gasteiger partial charge in [-0.3, -0.25) is 10.2 Å². The molecule has 0 aliphatic carbocycles. The Morgan fingerprint density at radius 3 is 2.72 bits per heavy atom. The van der Waals surface area contributed by atoms with Gasteiger partial charge < -0.3 is 19.5 Å². The van der Waals surface area contributed by atoms with Crippen LogP contribution in [0.3, 0.4) is 0 Å². The molecule has 1 aromatic carbocycles. The molecule has 0 spiro atoms. The highest BCUT2D eigenvalue weighted by molar-refractivity contribution is 9.10.